The molecule has 0 spiro atoms. The second kappa shape index (κ2) is 4.78. The molecule has 0 bridgehead atoms. The van der Waals surface area contributed by atoms with Crippen LogP contribution in [0.3, 0.4) is 0 Å². The highest BCUT2D eigenvalue weighted by Gasteiger charge is 2.44. The van der Waals surface area contributed by atoms with Gasteiger partial charge < -0.3 is 15.2 Å². The number of fused-ring (bicyclic) bond motifs is 2. The lowest BCUT2D eigenvalue weighted by Gasteiger charge is -2.31. The summed E-state index contributed by atoms with van der Waals surface area (Å²) in [5.74, 6) is 0.610. The lowest BCUT2D eigenvalue weighted by Crippen LogP contribution is -2.33. The molecular formula is C14H18ClN5O2. The fourth-order valence-corrected chi connectivity index (χ4v) is 3.78. The van der Waals surface area contributed by atoms with Crippen molar-refractivity contribution in [1.29, 1.82) is 0 Å². The number of nitrogens with two attached hydrogens (primary N) is 1. The van der Waals surface area contributed by atoms with E-state index in [4.69, 9.17) is 26.8 Å². The van der Waals surface area contributed by atoms with Crippen LogP contribution in [0.25, 0.3) is 11.2 Å². The van der Waals surface area contributed by atoms with Crippen LogP contribution in [0.4, 0.5) is 5.95 Å². The molecule has 0 aliphatic carbocycles. The van der Waals surface area contributed by atoms with Crippen LogP contribution < -0.4 is 5.73 Å². The van der Waals surface area contributed by atoms with Gasteiger partial charge in [0.1, 0.15) is 11.7 Å². The maximum atomic E-state index is 6.07. The molecule has 118 valence electrons. The van der Waals surface area contributed by atoms with Crippen LogP contribution >= 0.6 is 11.6 Å². The number of anilines is 1. The molecule has 0 aromatic carbocycles. The summed E-state index contributed by atoms with van der Waals surface area (Å²) >= 11 is 6.07. The average Bonchev–Trinajstić information content (AvgIpc) is 2.96. The van der Waals surface area contributed by atoms with Gasteiger partial charge in [0.05, 0.1) is 24.6 Å². The quantitative estimate of drug-likeness (QED) is 0.809. The number of imidazole rings is 1. The molecule has 2 saturated heterocycles. The van der Waals surface area contributed by atoms with Gasteiger partial charge in [0.15, 0.2) is 10.8 Å². The van der Waals surface area contributed by atoms with E-state index in [1.54, 1.807) is 6.33 Å². The Balaban J connectivity index is 1.66. The Hall–Kier alpha value is -1.44. The molecule has 2 aromatic heterocycles. The number of nitrogen functional groups attached to an aromatic ring is 1. The van der Waals surface area contributed by atoms with Crippen molar-refractivity contribution in [2.45, 2.75) is 44.6 Å². The van der Waals surface area contributed by atoms with Crippen molar-refractivity contribution in [3.63, 3.8) is 0 Å². The first-order valence-electron chi connectivity index (χ1n) is 7.38. The number of hydrogen-bond donors (Lipinski definition) is 1. The molecule has 2 aliphatic heterocycles. The molecule has 4 rings (SSSR count). The first-order valence-corrected chi connectivity index (χ1v) is 7.76. The van der Waals surface area contributed by atoms with Gasteiger partial charge in [-0.25, -0.2) is 4.98 Å². The predicted molar refractivity (Wildman–Crippen MR) is 81.4 cm³/mol. The van der Waals surface area contributed by atoms with Gasteiger partial charge in [0, 0.05) is 0 Å². The third kappa shape index (κ3) is 2.24. The number of rotatable bonds is 1. The number of nitrogens with zero attached hydrogens (tertiary/aromatic N) is 4. The molecule has 22 heavy (non-hydrogen) atoms. The van der Waals surface area contributed by atoms with E-state index < -0.39 is 0 Å². The third-order valence-corrected chi connectivity index (χ3v) is 4.68. The first-order chi connectivity index (χ1) is 10.4. The zero-order valence-corrected chi connectivity index (χ0v) is 13.2. The van der Waals surface area contributed by atoms with Crippen molar-refractivity contribution in [2.24, 2.45) is 5.92 Å². The van der Waals surface area contributed by atoms with Crippen LogP contribution in [-0.4, -0.2) is 37.8 Å². The molecule has 0 amide bonds. The zero-order valence-electron chi connectivity index (χ0n) is 12.5. The van der Waals surface area contributed by atoms with Crippen LogP contribution in [0.5, 0.6) is 0 Å². The summed E-state index contributed by atoms with van der Waals surface area (Å²) in [7, 11) is 0. The Morgan fingerprint density at radius 2 is 2.23 bits per heavy atom. The monoisotopic (exact) mass is 323 g/mol. The zero-order chi connectivity index (χ0) is 15.5. The molecule has 3 atom stereocenters. The van der Waals surface area contributed by atoms with Crippen molar-refractivity contribution in [1.82, 2.24) is 19.5 Å². The molecule has 0 radical (unpaired) electrons. The van der Waals surface area contributed by atoms with Gasteiger partial charge in [0.2, 0.25) is 5.95 Å². The predicted octanol–water partition coefficient (Wildman–Crippen LogP) is 2.16. The SMILES string of the molecule is CC1(C)CC2CC(n3cnc4c(Cl)nc(N)nc43)OCC2O1. The van der Waals surface area contributed by atoms with Gasteiger partial charge in [-0.3, -0.25) is 4.57 Å². The summed E-state index contributed by atoms with van der Waals surface area (Å²) in [6, 6.07) is 0. The minimum Gasteiger partial charge on any atom is -0.370 e. The fourth-order valence-electron chi connectivity index (χ4n) is 3.56. The van der Waals surface area contributed by atoms with Gasteiger partial charge in [-0.2, -0.15) is 9.97 Å². The van der Waals surface area contributed by atoms with Crippen molar-refractivity contribution < 1.29 is 9.47 Å². The molecule has 2 N–H and O–H groups in total. The summed E-state index contributed by atoms with van der Waals surface area (Å²) in [6.45, 7) is 4.83. The van der Waals surface area contributed by atoms with Crippen molar-refractivity contribution >= 4 is 28.7 Å². The van der Waals surface area contributed by atoms with E-state index in [1.807, 2.05) is 4.57 Å². The van der Waals surface area contributed by atoms with Gasteiger partial charge in [0.25, 0.3) is 0 Å². The molecule has 7 nitrogen and oxygen atoms in total. The fraction of sp³-hybridized carbons (Fsp3) is 0.643. The van der Waals surface area contributed by atoms with Gasteiger partial charge in [-0.15, -0.1) is 0 Å². The molecule has 2 fully saturated rings. The largest absolute Gasteiger partial charge is 0.370 e. The molecule has 3 unspecified atom stereocenters. The molecule has 2 aromatic rings. The van der Waals surface area contributed by atoms with Crippen molar-refractivity contribution in [3.05, 3.63) is 11.5 Å². The Morgan fingerprint density at radius 1 is 1.41 bits per heavy atom. The molecule has 0 saturated carbocycles. The van der Waals surface area contributed by atoms with E-state index in [-0.39, 0.29) is 29.0 Å². The lowest BCUT2D eigenvalue weighted by atomic mass is 9.89. The normalized spacial score (nSPS) is 30.6. The molecular weight excluding hydrogens is 306 g/mol. The minimum absolute atomic E-state index is 0.0828. The maximum Gasteiger partial charge on any atom is 0.223 e. The summed E-state index contributed by atoms with van der Waals surface area (Å²) in [6.07, 6.45) is 3.62. The van der Waals surface area contributed by atoms with E-state index in [9.17, 15) is 0 Å². The van der Waals surface area contributed by atoms with Crippen molar-refractivity contribution in [2.75, 3.05) is 12.3 Å². The molecule has 4 heterocycles. The number of ether oxygens (including phenoxy) is 2. The van der Waals surface area contributed by atoms with E-state index in [2.05, 4.69) is 28.8 Å². The summed E-state index contributed by atoms with van der Waals surface area (Å²) in [5, 5.41) is 0.264. The Bertz CT molecular complexity index is 731. The highest BCUT2D eigenvalue weighted by atomic mass is 35.5. The van der Waals surface area contributed by atoms with Crippen LogP contribution in [0.15, 0.2) is 6.33 Å². The Morgan fingerprint density at radius 3 is 3.05 bits per heavy atom. The van der Waals surface area contributed by atoms with E-state index in [1.165, 1.54) is 0 Å². The van der Waals surface area contributed by atoms with Crippen LogP contribution in [0, 0.1) is 5.92 Å². The summed E-state index contributed by atoms with van der Waals surface area (Å²) < 4.78 is 13.9. The van der Waals surface area contributed by atoms with E-state index >= 15 is 0 Å². The number of hydrogen-bond acceptors (Lipinski definition) is 6. The minimum atomic E-state index is -0.130. The maximum absolute atomic E-state index is 6.07. The highest BCUT2D eigenvalue weighted by molar-refractivity contribution is 6.33. The number of halogens is 1. The van der Waals surface area contributed by atoms with Crippen LogP contribution in [-0.2, 0) is 9.47 Å². The van der Waals surface area contributed by atoms with Gasteiger partial charge >= 0.3 is 0 Å². The average molecular weight is 324 g/mol. The second-order valence-corrected chi connectivity index (χ2v) is 6.96. The summed E-state index contributed by atoms with van der Waals surface area (Å²) in [4.78, 5) is 12.5. The highest BCUT2D eigenvalue weighted by Crippen LogP contribution is 2.43. The molecule has 2 aliphatic rings. The second-order valence-electron chi connectivity index (χ2n) is 6.60. The molecule has 8 heteroatoms. The van der Waals surface area contributed by atoms with Gasteiger partial charge in [-0.1, -0.05) is 11.6 Å². The van der Waals surface area contributed by atoms with E-state index in [0.717, 1.165) is 12.8 Å². The summed E-state index contributed by atoms with van der Waals surface area (Å²) in [5.41, 5.74) is 6.77. The lowest BCUT2D eigenvalue weighted by molar-refractivity contribution is -0.127. The standard InChI is InChI=1S/C14H18ClN5O2/c1-14(2)4-7-3-9(21-5-8(7)22-14)20-6-17-10-11(15)18-13(16)19-12(10)20/h6-9H,3-5H2,1-2H3,(H2,16,18,19). The van der Waals surface area contributed by atoms with Crippen LogP contribution in [0.2, 0.25) is 5.15 Å². The van der Waals surface area contributed by atoms with Gasteiger partial charge in [-0.05, 0) is 32.6 Å². The van der Waals surface area contributed by atoms with E-state index in [0.29, 0.717) is 23.7 Å². The number of aromatic nitrogens is 4. The van der Waals surface area contributed by atoms with Crippen molar-refractivity contribution in [3.8, 4) is 0 Å². The Kier molecular flexibility index (Phi) is 3.08. The smallest absolute Gasteiger partial charge is 0.223 e. The Labute approximate surface area is 132 Å². The first kappa shape index (κ1) is 14.2. The topological polar surface area (TPSA) is 88.1 Å². The van der Waals surface area contributed by atoms with Crippen LogP contribution in [0.1, 0.15) is 32.9 Å². The third-order valence-electron chi connectivity index (χ3n) is 4.41.